The van der Waals surface area contributed by atoms with Crippen LogP contribution in [0.2, 0.25) is 0 Å². The van der Waals surface area contributed by atoms with Gasteiger partial charge in [0.15, 0.2) is 16.9 Å². The first-order valence-corrected chi connectivity index (χ1v) is 10.4. The molecule has 0 aliphatic heterocycles. The van der Waals surface area contributed by atoms with Gasteiger partial charge in [0.05, 0.1) is 11.1 Å². The van der Waals surface area contributed by atoms with Crippen LogP contribution in [0.25, 0.3) is 21.9 Å². The molecule has 0 aliphatic rings. The Morgan fingerprint density at radius 1 is 0.818 bits per heavy atom. The van der Waals surface area contributed by atoms with Crippen LogP contribution in [-0.4, -0.2) is 11.7 Å². The zero-order chi connectivity index (χ0) is 23.1. The molecule has 1 amide bonds. The molecule has 0 spiro atoms. The standard InChI is InChI=1S/C27H19NO5/c1-15-10-12-17(13-11-15)24(30)26-23(19-7-3-4-9-21(19)32-26)28-27(31)22-14-20(29)18-8-5-6-16(2)25(18)33-22/h3-14H,1-2H3,(H,28,31). The maximum absolute atomic E-state index is 13.2. The van der Waals surface area contributed by atoms with E-state index in [2.05, 4.69) is 5.32 Å². The van der Waals surface area contributed by atoms with Crippen molar-refractivity contribution in [3.8, 4) is 0 Å². The van der Waals surface area contributed by atoms with Gasteiger partial charge in [0.25, 0.3) is 5.91 Å². The lowest BCUT2D eigenvalue weighted by molar-refractivity contribution is 0.0997. The summed E-state index contributed by atoms with van der Waals surface area (Å²) in [7, 11) is 0. The summed E-state index contributed by atoms with van der Waals surface area (Å²) in [6, 6.07) is 20.5. The number of furan rings is 1. The normalized spacial score (nSPS) is 11.1. The van der Waals surface area contributed by atoms with Crippen molar-refractivity contribution in [3.63, 3.8) is 0 Å². The van der Waals surface area contributed by atoms with Gasteiger partial charge in [-0.3, -0.25) is 14.4 Å². The largest absolute Gasteiger partial charge is 0.450 e. The minimum atomic E-state index is -0.651. The lowest BCUT2D eigenvalue weighted by Gasteiger charge is -2.07. The summed E-state index contributed by atoms with van der Waals surface area (Å²) < 4.78 is 11.6. The third-order valence-electron chi connectivity index (χ3n) is 5.53. The number of para-hydroxylation sites is 2. The Hall–Kier alpha value is -4.45. The first kappa shape index (κ1) is 20.5. The van der Waals surface area contributed by atoms with E-state index >= 15 is 0 Å². The zero-order valence-corrected chi connectivity index (χ0v) is 18.0. The van der Waals surface area contributed by atoms with E-state index in [9.17, 15) is 14.4 Å². The quantitative estimate of drug-likeness (QED) is 0.368. The molecule has 2 heterocycles. The summed E-state index contributed by atoms with van der Waals surface area (Å²) in [4.78, 5) is 38.9. The van der Waals surface area contributed by atoms with Crippen molar-refractivity contribution in [3.05, 3.63) is 111 Å². The summed E-state index contributed by atoms with van der Waals surface area (Å²) in [5, 5.41) is 3.71. The van der Waals surface area contributed by atoms with Gasteiger partial charge in [-0.25, -0.2) is 0 Å². The van der Waals surface area contributed by atoms with E-state index in [0.717, 1.165) is 17.2 Å². The molecule has 33 heavy (non-hydrogen) atoms. The van der Waals surface area contributed by atoms with E-state index in [4.69, 9.17) is 8.83 Å². The monoisotopic (exact) mass is 437 g/mol. The van der Waals surface area contributed by atoms with E-state index in [0.29, 0.717) is 27.5 Å². The molecule has 6 heteroatoms. The topological polar surface area (TPSA) is 89.5 Å². The second-order valence-electron chi connectivity index (χ2n) is 7.88. The second-order valence-corrected chi connectivity index (χ2v) is 7.88. The molecule has 0 saturated carbocycles. The number of benzene rings is 3. The van der Waals surface area contributed by atoms with Crippen molar-refractivity contribution in [2.24, 2.45) is 0 Å². The van der Waals surface area contributed by atoms with E-state index in [-0.39, 0.29) is 28.4 Å². The summed E-state index contributed by atoms with van der Waals surface area (Å²) in [6.07, 6.45) is 0. The summed E-state index contributed by atoms with van der Waals surface area (Å²) in [6.45, 7) is 3.73. The highest BCUT2D eigenvalue weighted by atomic mass is 16.4. The zero-order valence-electron chi connectivity index (χ0n) is 18.0. The lowest BCUT2D eigenvalue weighted by atomic mass is 10.1. The Kier molecular flexibility index (Phi) is 4.90. The number of carbonyl (C=O) groups is 2. The molecule has 0 unspecified atom stereocenters. The van der Waals surface area contributed by atoms with Crippen molar-refractivity contribution in [1.29, 1.82) is 0 Å². The third kappa shape index (κ3) is 3.61. The average Bonchev–Trinajstić information content (AvgIpc) is 3.18. The van der Waals surface area contributed by atoms with Gasteiger partial charge in [-0.05, 0) is 37.6 Å². The van der Waals surface area contributed by atoms with Gasteiger partial charge in [0.2, 0.25) is 5.78 Å². The van der Waals surface area contributed by atoms with Crippen LogP contribution in [0.4, 0.5) is 5.69 Å². The van der Waals surface area contributed by atoms with Crippen LogP contribution in [0.3, 0.4) is 0 Å². The molecular formula is C27H19NO5. The molecule has 3 aromatic carbocycles. The van der Waals surface area contributed by atoms with Crippen molar-refractivity contribution in [2.75, 3.05) is 5.32 Å². The predicted octanol–water partition coefficient (Wildman–Crippen LogP) is 5.64. The van der Waals surface area contributed by atoms with E-state index in [1.807, 2.05) is 19.1 Å². The smallest absolute Gasteiger partial charge is 0.291 e. The Bertz CT molecular complexity index is 1610. The molecule has 0 saturated heterocycles. The van der Waals surface area contributed by atoms with Crippen LogP contribution in [-0.2, 0) is 0 Å². The van der Waals surface area contributed by atoms with Gasteiger partial charge < -0.3 is 14.2 Å². The van der Waals surface area contributed by atoms with Crippen molar-refractivity contribution >= 4 is 39.3 Å². The fourth-order valence-corrected chi connectivity index (χ4v) is 3.77. The Morgan fingerprint density at radius 3 is 2.33 bits per heavy atom. The van der Waals surface area contributed by atoms with Gasteiger partial charge in [-0.1, -0.05) is 54.1 Å². The first-order valence-electron chi connectivity index (χ1n) is 10.4. The fraction of sp³-hybridized carbons (Fsp3) is 0.0741. The molecular weight excluding hydrogens is 418 g/mol. The number of amides is 1. The predicted molar refractivity (Wildman–Crippen MR) is 126 cm³/mol. The summed E-state index contributed by atoms with van der Waals surface area (Å²) in [5.41, 5.74) is 2.91. The fourth-order valence-electron chi connectivity index (χ4n) is 3.77. The Morgan fingerprint density at radius 2 is 1.55 bits per heavy atom. The highest BCUT2D eigenvalue weighted by Gasteiger charge is 2.25. The molecule has 1 N–H and O–H groups in total. The SMILES string of the molecule is Cc1ccc(C(=O)c2oc3ccccc3c2NC(=O)c2cc(=O)c3cccc(C)c3o2)cc1. The Balaban J connectivity index is 1.60. The highest BCUT2D eigenvalue weighted by molar-refractivity contribution is 6.18. The van der Waals surface area contributed by atoms with Crippen molar-refractivity contribution in [1.82, 2.24) is 0 Å². The second kappa shape index (κ2) is 7.91. The van der Waals surface area contributed by atoms with Crippen LogP contribution in [0, 0.1) is 13.8 Å². The summed E-state index contributed by atoms with van der Waals surface area (Å²) >= 11 is 0. The number of ketones is 1. The molecule has 162 valence electrons. The van der Waals surface area contributed by atoms with Crippen LogP contribution < -0.4 is 10.7 Å². The maximum atomic E-state index is 13.2. The van der Waals surface area contributed by atoms with Crippen molar-refractivity contribution in [2.45, 2.75) is 13.8 Å². The molecule has 5 rings (SSSR count). The third-order valence-corrected chi connectivity index (χ3v) is 5.53. The number of aryl methyl sites for hydroxylation is 2. The number of hydrogen-bond donors (Lipinski definition) is 1. The molecule has 0 bridgehead atoms. The van der Waals surface area contributed by atoms with Crippen LogP contribution in [0.1, 0.15) is 37.8 Å². The average molecular weight is 437 g/mol. The number of fused-ring (bicyclic) bond motifs is 2. The summed E-state index contributed by atoms with van der Waals surface area (Å²) in [5.74, 6) is -1.16. The van der Waals surface area contributed by atoms with Gasteiger partial charge >= 0.3 is 0 Å². The van der Waals surface area contributed by atoms with Gasteiger partial charge in [0, 0.05) is 17.0 Å². The molecule has 6 nitrogen and oxygen atoms in total. The Labute approximate surface area is 188 Å². The lowest BCUT2D eigenvalue weighted by Crippen LogP contribution is -2.16. The first-order chi connectivity index (χ1) is 15.9. The van der Waals surface area contributed by atoms with Crippen LogP contribution >= 0.6 is 0 Å². The number of rotatable bonds is 4. The van der Waals surface area contributed by atoms with Crippen LogP contribution in [0.5, 0.6) is 0 Å². The number of nitrogens with one attached hydrogen (secondary N) is 1. The van der Waals surface area contributed by atoms with E-state index < -0.39 is 5.91 Å². The molecule has 0 aliphatic carbocycles. The van der Waals surface area contributed by atoms with Gasteiger partial charge in [0.1, 0.15) is 11.2 Å². The van der Waals surface area contributed by atoms with Crippen molar-refractivity contribution < 1.29 is 18.4 Å². The number of hydrogen-bond acceptors (Lipinski definition) is 5. The number of carbonyl (C=O) groups excluding carboxylic acids is 2. The van der Waals surface area contributed by atoms with Gasteiger partial charge in [-0.15, -0.1) is 0 Å². The van der Waals surface area contributed by atoms with Gasteiger partial charge in [-0.2, -0.15) is 0 Å². The molecule has 0 atom stereocenters. The maximum Gasteiger partial charge on any atom is 0.291 e. The van der Waals surface area contributed by atoms with E-state index in [1.165, 1.54) is 0 Å². The molecule has 5 aromatic rings. The molecule has 2 aromatic heterocycles. The van der Waals surface area contributed by atoms with Crippen LogP contribution in [0.15, 0.2) is 86.4 Å². The molecule has 0 radical (unpaired) electrons. The minimum Gasteiger partial charge on any atom is -0.450 e. The van der Waals surface area contributed by atoms with E-state index in [1.54, 1.807) is 61.5 Å². The molecule has 0 fully saturated rings. The number of anilines is 1. The minimum absolute atomic E-state index is 0.00715. The highest BCUT2D eigenvalue weighted by Crippen LogP contribution is 2.33.